The smallest absolute Gasteiger partial charge is 0.326 e. The van der Waals surface area contributed by atoms with Crippen LogP contribution < -0.4 is 21.7 Å². The quantitative estimate of drug-likeness (QED) is 0.244. The van der Waals surface area contributed by atoms with E-state index in [0.29, 0.717) is 5.56 Å². The van der Waals surface area contributed by atoms with E-state index in [2.05, 4.69) is 16.0 Å². The van der Waals surface area contributed by atoms with E-state index in [1.54, 1.807) is 30.3 Å². The van der Waals surface area contributed by atoms with Crippen LogP contribution in [0.4, 0.5) is 0 Å². The second-order valence-electron chi connectivity index (χ2n) is 5.79. The van der Waals surface area contributed by atoms with Gasteiger partial charge in [-0.3, -0.25) is 19.2 Å². The summed E-state index contributed by atoms with van der Waals surface area (Å²) in [5.41, 5.74) is 5.73. The molecule has 0 saturated carbocycles. The predicted molar refractivity (Wildman–Crippen MR) is 96.0 cm³/mol. The van der Waals surface area contributed by atoms with Crippen molar-refractivity contribution in [3.05, 3.63) is 35.9 Å². The van der Waals surface area contributed by atoms with E-state index in [1.807, 2.05) is 0 Å². The Morgan fingerprint density at radius 3 is 2.11 bits per heavy atom. The van der Waals surface area contributed by atoms with Crippen LogP contribution in [-0.2, 0) is 30.4 Å². The fourth-order valence-electron chi connectivity index (χ4n) is 2.20. The van der Waals surface area contributed by atoms with Gasteiger partial charge in [0.15, 0.2) is 0 Å². The minimum absolute atomic E-state index is 0.0256. The number of carbonyl (C=O) groups excluding carboxylic acids is 3. The summed E-state index contributed by atoms with van der Waals surface area (Å²) in [7, 11) is 0. The molecule has 1 aromatic rings. The van der Waals surface area contributed by atoms with Crippen LogP contribution in [-0.4, -0.2) is 65.0 Å². The topological polar surface area (TPSA) is 188 Å². The molecular formula is C17H22N4O7. The van der Waals surface area contributed by atoms with Gasteiger partial charge in [0.05, 0.1) is 19.5 Å². The maximum absolute atomic E-state index is 12.4. The number of carbonyl (C=O) groups is 5. The molecule has 7 N–H and O–H groups in total. The van der Waals surface area contributed by atoms with Crippen LogP contribution in [0.2, 0.25) is 0 Å². The van der Waals surface area contributed by atoms with Crippen molar-refractivity contribution in [2.24, 2.45) is 5.73 Å². The maximum atomic E-state index is 12.4. The molecule has 28 heavy (non-hydrogen) atoms. The van der Waals surface area contributed by atoms with Gasteiger partial charge in [0, 0.05) is 6.42 Å². The number of hydrogen-bond donors (Lipinski definition) is 6. The van der Waals surface area contributed by atoms with Gasteiger partial charge >= 0.3 is 11.9 Å². The summed E-state index contributed by atoms with van der Waals surface area (Å²) < 4.78 is 0. The van der Waals surface area contributed by atoms with E-state index in [1.165, 1.54) is 0 Å². The minimum Gasteiger partial charge on any atom is -0.481 e. The Labute approximate surface area is 160 Å². The Morgan fingerprint density at radius 1 is 0.929 bits per heavy atom. The Hall–Kier alpha value is -3.47. The fraction of sp³-hybridized carbons (Fsp3) is 0.353. The molecule has 0 saturated heterocycles. The summed E-state index contributed by atoms with van der Waals surface area (Å²) in [6.45, 7) is -0.849. The third-order valence-corrected chi connectivity index (χ3v) is 3.56. The molecule has 152 valence electrons. The van der Waals surface area contributed by atoms with E-state index < -0.39 is 54.7 Å². The number of carboxylic acid groups (broad SMARTS) is 2. The molecule has 1 rings (SSSR count). The summed E-state index contributed by atoms with van der Waals surface area (Å²) in [5, 5.41) is 24.8. The average molecular weight is 394 g/mol. The molecule has 2 atom stereocenters. The van der Waals surface area contributed by atoms with E-state index >= 15 is 0 Å². The van der Waals surface area contributed by atoms with E-state index in [0.717, 1.165) is 0 Å². The molecule has 11 nitrogen and oxygen atoms in total. The summed E-state index contributed by atoms with van der Waals surface area (Å²) in [5.74, 6) is -5.08. The van der Waals surface area contributed by atoms with E-state index in [9.17, 15) is 29.1 Å². The SMILES string of the molecule is NCC(=O)NCC(=O)NC(CC(=O)O)C(=O)NC(Cc1ccccc1)C(=O)O. The standard InChI is InChI=1S/C17H22N4O7/c18-8-13(22)19-9-14(23)20-11(7-15(24)25)16(26)21-12(17(27)28)6-10-4-2-1-3-5-10/h1-5,11-12H,6-9,18H2,(H,19,22)(H,20,23)(H,21,26)(H,24,25)(H,27,28). The molecule has 0 aromatic heterocycles. The lowest BCUT2D eigenvalue weighted by molar-refractivity contribution is -0.143. The largest absolute Gasteiger partial charge is 0.481 e. The van der Waals surface area contributed by atoms with Crippen LogP contribution in [0.5, 0.6) is 0 Å². The zero-order chi connectivity index (χ0) is 21.1. The monoisotopic (exact) mass is 394 g/mol. The molecule has 3 amide bonds. The molecule has 0 fully saturated rings. The van der Waals surface area contributed by atoms with Crippen molar-refractivity contribution in [2.75, 3.05) is 13.1 Å². The minimum atomic E-state index is -1.52. The second-order valence-corrected chi connectivity index (χ2v) is 5.79. The van der Waals surface area contributed by atoms with Gasteiger partial charge in [-0.25, -0.2) is 4.79 Å². The molecule has 0 aliphatic heterocycles. The lowest BCUT2D eigenvalue weighted by Gasteiger charge is -2.20. The number of nitrogens with two attached hydrogens (primary N) is 1. The summed E-state index contributed by atoms with van der Waals surface area (Å²) in [6.07, 6.45) is -0.789. The van der Waals surface area contributed by atoms with Crippen LogP contribution in [0, 0.1) is 0 Å². The Bertz CT molecular complexity index is 723. The van der Waals surface area contributed by atoms with Gasteiger partial charge < -0.3 is 31.9 Å². The molecule has 0 spiro atoms. The van der Waals surface area contributed by atoms with Gasteiger partial charge in [0.1, 0.15) is 12.1 Å². The first-order chi connectivity index (χ1) is 13.2. The average Bonchev–Trinajstić information content (AvgIpc) is 2.65. The number of rotatable bonds is 11. The lowest BCUT2D eigenvalue weighted by Crippen LogP contribution is -2.54. The first-order valence-electron chi connectivity index (χ1n) is 8.28. The van der Waals surface area contributed by atoms with Crippen LogP contribution >= 0.6 is 0 Å². The zero-order valence-corrected chi connectivity index (χ0v) is 14.9. The molecule has 0 radical (unpaired) electrons. The second kappa shape index (κ2) is 11.3. The number of amides is 3. The molecule has 0 bridgehead atoms. The van der Waals surface area contributed by atoms with Crippen molar-refractivity contribution in [1.82, 2.24) is 16.0 Å². The fourth-order valence-corrected chi connectivity index (χ4v) is 2.20. The third-order valence-electron chi connectivity index (χ3n) is 3.56. The van der Waals surface area contributed by atoms with E-state index in [-0.39, 0.29) is 13.0 Å². The van der Waals surface area contributed by atoms with Gasteiger partial charge in [-0.1, -0.05) is 30.3 Å². The molecule has 0 aliphatic rings. The van der Waals surface area contributed by atoms with Gasteiger partial charge in [0.25, 0.3) is 0 Å². The molecule has 11 heteroatoms. The Balaban J connectivity index is 2.77. The Morgan fingerprint density at radius 2 is 1.57 bits per heavy atom. The molecular weight excluding hydrogens is 372 g/mol. The molecule has 1 aromatic carbocycles. The van der Waals surface area contributed by atoms with Crippen molar-refractivity contribution in [3.63, 3.8) is 0 Å². The highest BCUT2D eigenvalue weighted by Crippen LogP contribution is 2.04. The number of nitrogens with one attached hydrogen (secondary N) is 3. The van der Waals surface area contributed by atoms with Crippen molar-refractivity contribution in [3.8, 4) is 0 Å². The van der Waals surface area contributed by atoms with Crippen molar-refractivity contribution in [1.29, 1.82) is 0 Å². The summed E-state index contributed by atoms with van der Waals surface area (Å²) in [6, 6.07) is 5.69. The van der Waals surface area contributed by atoms with E-state index in [4.69, 9.17) is 10.8 Å². The van der Waals surface area contributed by atoms with Gasteiger partial charge in [0.2, 0.25) is 17.7 Å². The normalized spacial score (nSPS) is 12.3. The van der Waals surface area contributed by atoms with Crippen molar-refractivity contribution >= 4 is 29.7 Å². The van der Waals surface area contributed by atoms with Crippen molar-refractivity contribution < 1.29 is 34.2 Å². The van der Waals surface area contributed by atoms with Gasteiger partial charge in [-0.15, -0.1) is 0 Å². The molecule has 0 heterocycles. The summed E-state index contributed by atoms with van der Waals surface area (Å²) in [4.78, 5) is 57.6. The Kier molecular flexibility index (Phi) is 9.10. The first-order valence-corrected chi connectivity index (χ1v) is 8.28. The predicted octanol–water partition coefficient (Wildman–Crippen LogP) is -2.17. The number of benzene rings is 1. The maximum Gasteiger partial charge on any atom is 0.326 e. The number of hydrogen-bond acceptors (Lipinski definition) is 6. The number of aliphatic carboxylic acids is 2. The van der Waals surface area contributed by atoms with Crippen molar-refractivity contribution in [2.45, 2.75) is 24.9 Å². The summed E-state index contributed by atoms with van der Waals surface area (Å²) >= 11 is 0. The van der Waals surface area contributed by atoms with Crippen LogP contribution in [0.3, 0.4) is 0 Å². The highest BCUT2D eigenvalue weighted by molar-refractivity contribution is 5.94. The highest BCUT2D eigenvalue weighted by atomic mass is 16.4. The first kappa shape index (κ1) is 22.6. The van der Waals surface area contributed by atoms with Crippen LogP contribution in [0.25, 0.3) is 0 Å². The van der Waals surface area contributed by atoms with Crippen LogP contribution in [0.1, 0.15) is 12.0 Å². The van der Waals surface area contributed by atoms with Crippen LogP contribution in [0.15, 0.2) is 30.3 Å². The third kappa shape index (κ3) is 8.27. The molecule has 0 aliphatic carbocycles. The highest BCUT2D eigenvalue weighted by Gasteiger charge is 2.28. The zero-order valence-electron chi connectivity index (χ0n) is 14.9. The number of carboxylic acids is 2. The lowest BCUT2D eigenvalue weighted by atomic mass is 10.1. The van der Waals surface area contributed by atoms with Gasteiger partial charge in [-0.2, -0.15) is 0 Å². The molecule has 2 unspecified atom stereocenters. The van der Waals surface area contributed by atoms with Gasteiger partial charge in [-0.05, 0) is 5.56 Å².